The van der Waals surface area contributed by atoms with Crippen LogP contribution in [0.15, 0.2) is 18.2 Å². The van der Waals surface area contributed by atoms with Crippen molar-refractivity contribution < 1.29 is 0 Å². The Morgan fingerprint density at radius 1 is 1.24 bits per heavy atom. The van der Waals surface area contributed by atoms with E-state index < -0.39 is 0 Å². The Bertz CT molecular complexity index is 708. The molecule has 2 saturated heterocycles. The molecular weight excluding hydrogens is 310 g/mol. The molecule has 0 amide bonds. The molecular formula is C20H31N5. The van der Waals surface area contributed by atoms with Gasteiger partial charge in [0.05, 0.1) is 17.3 Å². The first kappa shape index (κ1) is 17.0. The minimum absolute atomic E-state index is 0.492. The smallest absolute Gasteiger partial charge is 0.0692 e. The lowest BCUT2D eigenvalue weighted by atomic mass is 10.0. The first-order chi connectivity index (χ1) is 12.3. The predicted molar refractivity (Wildman–Crippen MR) is 103 cm³/mol. The van der Waals surface area contributed by atoms with Crippen LogP contribution in [0.5, 0.6) is 0 Å². The van der Waals surface area contributed by atoms with Crippen molar-refractivity contribution in [2.45, 2.75) is 51.2 Å². The fourth-order valence-corrected chi connectivity index (χ4v) is 4.53. The number of benzene rings is 1. The van der Waals surface area contributed by atoms with Crippen LogP contribution in [0.2, 0.25) is 0 Å². The van der Waals surface area contributed by atoms with Crippen molar-refractivity contribution in [3.05, 3.63) is 29.5 Å². The van der Waals surface area contributed by atoms with Gasteiger partial charge in [0.1, 0.15) is 0 Å². The van der Waals surface area contributed by atoms with Gasteiger partial charge >= 0.3 is 0 Å². The SMILES string of the molecule is CNC1CCN(Cc2cccc3c2c(C)nn3C2CCCNC2)CC1. The van der Waals surface area contributed by atoms with Crippen LogP contribution in [0, 0.1) is 6.92 Å². The quantitative estimate of drug-likeness (QED) is 0.897. The number of aryl methyl sites for hydroxylation is 1. The van der Waals surface area contributed by atoms with Gasteiger partial charge in [-0.15, -0.1) is 0 Å². The van der Waals surface area contributed by atoms with Crippen LogP contribution in [-0.2, 0) is 6.54 Å². The third kappa shape index (κ3) is 3.46. The lowest BCUT2D eigenvalue weighted by Crippen LogP contribution is -2.40. The van der Waals surface area contributed by atoms with Crippen molar-refractivity contribution in [3.63, 3.8) is 0 Å². The average molecular weight is 342 g/mol. The summed E-state index contributed by atoms with van der Waals surface area (Å²) in [7, 11) is 2.08. The second-order valence-corrected chi connectivity index (χ2v) is 7.68. The largest absolute Gasteiger partial charge is 0.317 e. The molecule has 0 bridgehead atoms. The number of fused-ring (bicyclic) bond motifs is 1. The number of piperidine rings is 2. The maximum Gasteiger partial charge on any atom is 0.0692 e. The summed E-state index contributed by atoms with van der Waals surface area (Å²) in [5, 5.41) is 13.3. The molecule has 2 aromatic rings. The van der Waals surface area contributed by atoms with Gasteiger partial charge in [0, 0.05) is 24.5 Å². The molecule has 1 atom stereocenters. The molecule has 5 nitrogen and oxygen atoms in total. The highest BCUT2D eigenvalue weighted by molar-refractivity contribution is 5.85. The van der Waals surface area contributed by atoms with Gasteiger partial charge in [-0.05, 0) is 70.9 Å². The number of aromatic nitrogens is 2. The molecule has 4 rings (SSSR count). The van der Waals surface area contributed by atoms with Crippen LogP contribution in [0.25, 0.3) is 10.9 Å². The van der Waals surface area contributed by atoms with Crippen molar-refractivity contribution in [1.29, 1.82) is 0 Å². The summed E-state index contributed by atoms with van der Waals surface area (Å²) >= 11 is 0. The summed E-state index contributed by atoms with van der Waals surface area (Å²) in [6.45, 7) is 7.76. The summed E-state index contributed by atoms with van der Waals surface area (Å²) in [5.41, 5.74) is 3.93. The molecule has 1 unspecified atom stereocenters. The van der Waals surface area contributed by atoms with Crippen LogP contribution in [0.4, 0.5) is 0 Å². The number of rotatable bonds is 4. The molecule has 2 N–H and O–H groups in total. The fraction of sp³-hybridized carbons (Fsp3) is 0.650. The number of likely N-dealkylation sites (tertiary alicyclic amines) is 1. The minimum atomic E-state index is 0.492. The summed E-state index contributed by atoms with van der Waals surface area (Å²) in [4.78, 5) is 2.60. The molecule has 25 heavy (non-hydrogen) atoms. The molecule has 1 aromatic heterocycles. The standard InChI is InChI=1S/C20H31N5/c1-15-20-16(14-24-11-8-17(21-2)9-12-24)5-3-7-19(20)25(23-15)18-6-4-10-22-13-18/h3,5,7,17-18,21-22H,4,6,8-14H2,1-2H3. The van der Waals surface area contributed by atoms with E-state index in [-0.39, 0.29) is 0 Å². The Labute approximate surface area is 150 Å². The molecule has 1 aromatic carbocycles. The average Bonchev–Trinajstić information content (AvgIpc) is 3.01. The molecule has 0 saturated carbocycles. The van der Waals surface area contributed by atoms with E-state index in [4.69, 9.17) is 5.10 Å². The monoisotopic (exact) mass is 341 g/mol. The Balaban J connectivity index is 1.58. The van der Waals surface area contributed by atoms with Gasteiger partial charge in [-0.3, -0.25) is 9.58 Å². The van der Waals surface area contributed by atoms with E-state index >= 15 is 0 Å². The number of nitrogens with one attached hydrogen (secondary N) is 2. The second kappa shape index (κ2) is 7.44. The van der Waals surface area contributed by atoms with E-state index in [0.717, 1.165) is 19.6 Å². The zero-order valence-electron chi connectivity index (χ0n) is 15.6. The van der Waals surface area contributed by atoms with Gasteiger partial charge in [0.15, 0.2) is 0 Å². The molecule has 0 radical (unpaired) electrons. The molecule has 3 heterocycles. The predicted octanol–water partition coefficient (Wildman–Crippen LogP) is 2.45. The second-order valence-electron chi connectivity index (χ2n) is 7.68. The van der Waals surface area contributed by atoms with Crippen molar-refractivity contribution in [3.8, 4) is 0 Å². The van der Waals surface area contributed by atoms with Gasteiger partial charge in [-0.2, -0.15) is 5.10 Å². The lowest BCUT2D eigenvalue weighted by Gasteiger charge is -2.32. The van der Waals surface area contributed by atoms with Crippen molar-refractivity contribution in [2.24, 2.45) is 0 Å². The zero-order valence-corrected chi connectivity index (χ0v) is 15.6. The molecule has 2 aliphatic rings. The fourth-order valence-electron chi connectivity index (χ4n) is 4.53. The molecule has 0 spiro atoms. The van der Waals surface area contributed by atoms with E-state index in [9.17, 15) is 0 Å². The maximum atomic E-state index is 4.94. The maximum absolute atomic E-state index is 4.94. The highest BCUT2D eigenvalue weighted by atomic mass is 15.3. The van der Waals surface area contributed by atoms with Gasteiger partial charge in [0.2, 0.25) is 0 Å². The zero-order chi connectivity index (χ0) is 17.2. The summed E-state index contributed by atoms with van der Waals surface area (Å²) < 4.78 is 2.29. The minimum Gasteiger partial charge on any atom is -0.317 e. The summed E-state index contributed by atoms with van der Waals surface area (Å²) in [6.07, 6.45) is 4.97. The molecule has 5 heteroatoms. The van der Waals surface area contributed by atoms with E-state index in [1.165, 1.54) is 60.9 Å². The first-order valence-corrected chi connectivity index (χ1v) is 9.83. The van der Waals surface area contributed by atoms with Gasteiger partial charge in [-0.1, -0.05) is 12.1 Å². The number of nitrogens with zero attached hydrogens (tertiary/aromatic N) is 3. The van der Waals surface area contributed by atoms with Crippen molar-refractivity contribution in [2.75, 3.05) is 33.2 Å². The highest BCUT2D eigenvalue weighted by Crippen LogP contribution is 2.28. The van der Waals surface area contributed by atoms with Crippen LogP contribution >= 0.6 is 0 Å². The van der Waals surface area contributed by atoms with Crippen molar-refractivity contribution >= 4 is 10.9 Å². The highest BCUT2D eigenvalue weighted by Gasteiger charge is 2.22. The summed E-state index contributed by atoms with van der Waals surface area (Å²) in [5.74, 6) is 0. The van der Waals surface area contributed by atoms with Crippen LogP contribution in [0.3, 0.4) is 0 Å². The molecule has 0 aliphatic carbocycles. The lowest BCUT2D eigenvalue weighted by molar-refractivity contribution is 0.195. The third-order valence-electron chi connectivity index (χ3n) is 6.00. The van der Waals surface area contributed by atoms with Crippen molar-refractivity contribution in [1.82, 2.24) is 25.3 Å². The van der Waals surface area contributed by atoms with E-state index in [1.807, 2.05) is 0 Å². The summed E-state index contributed by atoms with van der Waals surface area (Å²) in [6, 6.07) is 7.94. The van der Waals surface area contributed by atoms with Crippen LogP contribution < -0.4 is 10.6 Å². The molecule has 2 aliphatic heterocycles. The van der Waals surface area contributed by atoms with Gasteiger partial charge in [0.25, 0.3) is 0 Å². The Morgan fingerprint density at radius 3 is 2.80 bits per heavy atom. The Morgan fingerprint density at radius 2 is 2.08 bits per heavy atom. The molecule has 2 fully saturated rings. The molecule has 136 valence electrons. The Kier molecular flexibility index (Phi) is 5.06. The Hall–Kier alpha value is -1.43. The third-order valence-corrected chi connectivity index (χ3v) is 6.00. The van der Waals surface area contributed by atoms with Crippen LogP contribution in [-0.4, -0.2) is 53.9 Å². The number of hydrogen-bond donors (Lipinski definition) is 2. The first-order valence-electron chi connectivity index (χ1n) is 9.83. The van der Waals surface area contributed by atoms with Gasteiger partial charge < -0.3 is 10.6 Å². The van der Waals surface area contributed by atoms with Gasteiger partial charge in [-0.25, -0.2) is 0 Å². The topological polar surface area (TPSA) is 45.1 Å². The number of hydrogen-bond acceptors (Lipinski definition) is 4. The normalized spacial score (nSPS) is 23.4. The van der Waals surface area contributed by atoms with Crippen LogP contribution in [0.1, 0.15) is 43.0 Å². The van der Waals surface area contributed by atoms with E-state index in [0.29, 0.717) is 12.1 Å². The van der Waals surface area contributed by atoms with E-state index in [2.05, 4.69) is 52.4 Å². The van der Waals surface area contributed by atoms with E-state index in [1.54, 1.807) is 0 Å².